The van der Waals surface area contributed by atoms with Crippen molar-refractivity contribution in [3.63, 3.8) is 0 Å². The Morgan fingerprint density at radius 1 is 1.04 bits per heavy atom. The van der Waals surface area contributed by atoms with E-state index >= 15 is 0 Å². The number of alkyl halides is 3. The van der Waals surface area contributed by atoms with Crippen molar-refractivity contribution in [2.45, 2.75) is 57.7 Å². The molecule has 5 nitrogen and oxygen atoms in total. The minimum atomic E-state index is -4.71. The highest BCUT2D eigenvalue weighted by Crippen LogP contribution is 2.30. The van der Waals surface area contributed by atoms with E-state index in [-0.39, 0.29) is 23.5 Å². The highest BCUT2D eigenvalue weighted by molar-refractivity contribution is 5.68. The summed E-state index contributed by atoms with van der Waals surface area (Å²) in [5.41, 5.74) is -0.364. The van der Waals surface area contributed by atoms with Crippen LogP contribution in [0.25, 0.3) is 0 Å². The minimum Gasteiger partial charge on any atom is -0.490 e. The average Bonchev–Trinajstić information content (AvgIpc) is 2.34. The van der Waals surface area contributed by atoms with E-state index in [0.717, 1.165) is 0 Å². The van der Waals surface area contributed by atoms with E-state index in [1.165, 1.54) is 24.3 Å². The van der Waals surface area contributed by atoms with E-state index < -0.39 is 12.5 Å². The second-order valence-electron chi connectivity index (χ2n) is 6.63. The molecule has 0 bridgehead atoms. The SMILES string of the molecule is CC(C)(C)NC(=O)OC1CC(Oc2ccc(OC(F)(F)F)cc2)C1. The van der Waals surface area contributed by atoms with E-state index in [2.05, 4.69) is 10.1 Å². The predicted molar refractivity (Wildman–Crippen MR) is 79.9 cm³/mol. The van der Waals surface area contributed by atoms with Crippen LogP contribution < -0.4 is 14.8 Å². The molecule has 0 unspecified atom stereocenters. The number of amides is 1. The molecule has 134 valence electrons. The summed E-state index contributed by atoms with van der Waals surface area (Å²) in [4.78, 5) is 11.6. The lowest BCUT2D eigenvalue weighted by Gasteiger charge is -2.35. The van der Waals surface area contributed by atoms with Crippen LogP contribution in [0.2, 0.25) is 0 Å². The van der Waals surface area contributed by atoms with Crippen molar-refractivity contribution in [1.82, 2.24) is 5.32 Å². The molecule has 1 aromatic carbocycles. The number of hydrogen-bond acceptors (Lipinski definition) is 4. The molecule has 1 saturated carbocycles. The maximum Gasteiger partial charge on any atom is 0.573 e. The fraction of sp³-hybridized carbons (Fsp3) is 0.562. The van der Waals surface area contributed by atoms with Crippen molar-refractivity contribution in [1.29, 1.82) is 0 Å². The Hall–Kier alpha value is -2.12. The minimum absolute atomic E-state index is 0.133. The van der Waals surface area contributed by atoms with Crippen molar-refractivity contribution in [3.05, 3.63) is 24.3 Å². The van der Waals surface area contributed by atoms with Gasteiger partial charge in [-0.3, -0.25) is 0 Å². The Labute approximate surface area is 138 Å². The van der Waals surface area contributed by atoms with Gasteiger partial charge in [-0.05, 0) is 45.0 Å². The van der Waals surface area contributed by atoms with Crippen LogP contribution in [-0.2, 0) is 4.74 Å². The molecule has 8 heteroatoms. The number of benzene rings is 1. The molecule has 0 saturated heterocycles. The lowest BCUT2D eigenvalue weighted by molar-refractivity contribution is -0.274. The first kappa shape index (κ1) is 18.2. The van der Waals surface area contributed by atoms with Crippen molar-refractivity contribution in [2.75, 3.05) is 0 Å². The zero-order chi connectivity index (χ0) is 18.0. The molecule has 24 heavy (non-hydrogen) atoms. The number of nitrogens with one attached hydrogen (secondary N) is 1. The Balaban J connectivity index is 1.72. The molecule has 2 rings (SSSR count). The van der Waals surface area contributed by atoms with E-state index in [9.17, 15) is 18.0 Å². The van der Waals surface area contributed by atoms with Gasteiger partial charge in [-0.15, -0.1) is 13.2 Å². The summed E-state index contributed by atoms with van der Waals surface area (Å²) in [5, 5.41) is 2.70. The highest BCUT2D eigenvalue weighted by atomic mass is 19.4. The van der Waals surface area contributed by atoms with Crippen LogP contribution in [0, 0.1) is 0 Å². The summed E-state index contributed by atoms with van der Waals surface area (Å²) in [6, 6.07) is 5.18. The third-order valence-corrected chi connectivity index (χ3v) is 3.16. The molecule has 1 N–H and O–H groups in total. The second-order valence-corrected chi connectivity index (χ2v) is 6.63. The molecular formula is C16H20F3NO4. The first-order valence-corrected chi connectivity index (χ1v) is 7.51. The Morgan fingerprint density at radius 2 is 1.58 bits per heavy atom. The first-order valence-electron chi connectivity index (χ1n) is 7.51. The molecule has 0 aromatic heterocycles. The summed E-state index contributed by atoms with van der Waals surface area (Å²) in [6.45, 7) is 5.56. The molecule has 0 atom stereocenters. The number of rotatable bonds is 4. The normalized spacial score (nSPS) is 20.8. The van der Waals surface area contributed by atoms with Crippen molar-refractivity contribution >= 4 is 6.09 Å². The summed E-state index contributed by atoms with van der Waals surface area (Å²) in [7, 11) is 0. The van der Waals surface area contributed by atoms with Crippen molar-refractivity contribution in [3.8, 4) is 11.5 Å². The monoisotopic (exact) mass is 347 g/mol. The van der Waals surface area contributed by atoms with Gasteiger partial charge in [0.25, 0.3) is 0 Å². The van der Waals surface area contributed by atoms with Gasteiger partial charge in [0.05, 0.1) is 0 Å². The summed E-state index contributed by atoms with van der Waals surface area (Å²) >= 11 is 0. The van der Waals surface area contributed by atoms with Gasteiger partial charge in [0.1, 0.15) is 23.7 Å². The van der Waals surface area contributed by atoms with Crippen molar-refractivity contribution < 1.29 is 32.2 Å². The van der Waals surface area contributed by atoms with Crippen molar-refractivity contribution in [2.24, 2.45) is 0 Å². The summed E-state index contributed by atoms with van der Waals surface area (Å²) < 4.78 is 50.8. The number of hydrogen-bond donors (Lipinski definition) is 1. The molecular weight excluding hydrogens is 327 g/mol. The van der Waals surface area contributed by atoms with Gasteiger partial charge in [0.15, 0.2) is 0 Å². The van der Waals surface area contributed by atoms with E-state index in [1.807, 2.05) is 20.8 Å². The zero-order valence-corrected chi connectivity index (χ0v) is 13.6. The van der Waals surface area contributed by atoms with Gasteiger partial charge >= 0.3 is 12.5 Å². The van der Waals surface area contributed by atoms with Crippen LogP contribution in [0.1, 0.15) is 33.6 Å². The molecule has 0 radical (unpaired) electrons. The average molecular weight is 347 g/mol. The van der Waals surface area contributed by atoms with E-state index in [1.54, 1.807) is 0 Å². The largest absolute Gasteiger partial charge is 0.573 e. The summed E-state index contributed by atoms with van der Waals surface area (Å²) in [5.74, 6) is 0.135. The van der Waals surface area contributed by atoms with E-state index in [4.69, 9.17) is 9.47 Å². The van der Waals surface area contributed by atoms with Gasteiger partial charge < -0.3 is 19.5 Å². The maximum atomic E-state index is 12.1. The van der Waals surface area contributed by atoms with Crippen LogP contribution in [-0.4, -0.2) is 30.2 Å². The zero-order valence-electron chi connectivity index (χ0n) is 13.6. The quantitative estimate of drug-likeness (QED) is 0.894. The Kier molecular flexibility index (Phi) is 5.15. The number of alkyl carbamates (subject to hydrolysis) is 1. The molecule has 0 heterocycles. The Morgan fingerprint density at radius 3 is 2.08 bits per heavy atom. The second kappa shape index (κ2) is 6.78. The van der Waals surface area contributed by atoms with Gasteiger partial charge in [0.2, 0.25) is 0 Å². The number of halogens is 3. The third-order valence-electron chi connectivity index (χ3n) is 3.16. The predicted octanol–water partition coefficient (Wildman–Crippen LogP) is 4.02. The van der Waals surface area contributed by atoms with E-state index in [0.29, 0.717) is 18.6 Å². The van der Waals surface area contributed by atoms with Crippen LogP contribution in [0.4, 0.5) is 18.0 Å². The molecule has 1 amide bonds. The highest BCUT2D eigenvalue weighted by Gasteiger charge is 2.35. The molecule has 1 aliphatic rings. The molecule has 0 spiro atoms. The standard InChI is InChI=1S/C16H20F3NO4/c1-15(2,3)20-14(21)23-13-8-12(9-13)22-10-4-6-11(7-5-10)24-16(17,18)19/h4-7,12-13H,8-9H2,1-3H3,(H,20,21). The number of carbonyl (C=O) groups excluding carboxylic acids is 1. The lowest BCUT2D eigenvalue weighted by atomic mass is 9.92. The van der Waals surface area contributed by atoms with Gasteiger partial charge in [0, 0.05) is 18.4 Å². The maximum absolute atomic E-state index is 12.1. The Bertz CT molecular complexity index is 560. The molecule has 1 aliphatic carbocycles. The molecule has 0 aliphatic heterocycles. The summed E-state index contributed by atoms with van der Waals surface area (Å²) in [6.07, 6.45) is -4.46. The third kappa shape index (κ3) is 6.17. The number of carbonyl (C=O) groups is 1. The smallest absolute Gasteiger partial charge is 0.490 e. The van der Waals surface area contributed by atoms with Gasteiger partial charge in [-0.2, -0.15) is 0 Å². The molecule has 1 aromatic rings. The van der Waals surface area contributed by atoms with Crippen LogP contribution in [0.3, 0.4) is 0 Å². The van der Waals surface area contributed by atoms with Crippen LogP contribution in [0.5, 0.6) is 11.5 Å². The lowest BCUT2D eigenvalue weighted by Crippen LogP contribution is -2.46. The fourth-order valence-corrected chi connectivity index (χ4v) is 2.11. The van der Waals surface area contributed by atoms with Crippen LogP contribution >= 0.6 is 0 Å². The topological polar surface area (TPSA) is 56.8 Å². The number of ether oxygens (including phenoxy) is 3. The van der Waals surface area contributed by atoms with Crippen LogP contribution in [0.15, 0.2) is 24.3 Å². The molecule has 1 fully saturated rings. The first-order chi connectivity index (χ1) is 11.0. The fourth-order valence-electron chi connectivity index (χ4n) is 2.11. The van der Waals surface area contributed by atoms with Gasteiger partial charge in [-0.1, -0.05) is 0 Å². The van der Waals surface area contributed by atoms with Gasteiger partial charge in [-0.25, -0.2) is 4.79 Å².